The van der Waals surface area contributed by atoms with Crippen molar-refractivity contribution in [2.45, 2.75) is 40.0 Å². The number of fused-ring (bicyclic) bond motifs is 1. The van der Waals surface area contributed by atoms with Gasteiger partial charge in [0.15, 0.2) is 5.65 Å². The molecule has 0 aromatic carbocycles. The average Bonchev–Trinajstić information content (AvgIpc) is 2.46. The summed E-state index contributed by atoms with van der Waals surface area (Å²) in [7, 11) is 0. The summed E-state index contributed by atoms with van der Waals surface area (Å²) < 4.78 is 0. The minimum atomic E-state index is 0.455. The standard InChI is InChI=1S/C17H25N5/c1-12(2)10-17(3)6-8-22(9-7-17)16-13-4-5-14(18)21-15(13)19-11-20-16/h4-5,11-12H,6-10H2,1-3H3,(H2,18,19,20,21). The minimum Gasteiger partial charge on any atom is -0.384 e. The van der Waals surface area contributed by atoms with Crippen LogP contribution in [0.2, 0.25) is 0 Å². The first-order valence-corrected chi connectivity index (χ1v) is 8.09. The van der Waals surface area contributed by atoms with Crippen LogP contribution in [-0.4, -0.2) is 28.0 Å². The van der Waals surface area contributed by atoms with E-state index >= 15 is 0 Å². The minimum absolute atomic E-state index is 0.455. The van der Waals surface area contributed by atoms with Crippen molar-refractivity contribution in [2.75, 3.05) is 23.7 Å². The number of pyridine rings is 1. The van der Waals surface area contributed by atoms with Crippen LogP contribution in [0, 0.1) is 11.3 Å². The lowest BCUT2D eigenvalue weighted by Crippen LogP contribution is -2.39. The zero-order valence-electron chi connectivity index (χ0n) is 13.7. The zero-order chi connectivity index (χ0) is 15.7. The van der Waals surface area contributed by atoms with Crippen LogP contribution >= 0.6 is 0 Å². The van der Waals surface area contributed by atoms with Gasteiger partial charge in [0, 0.05) is 13.1 Å². The second-order valence-electron chi connectivity index (χ2n) is 7.20. The van der Waals surface area contributed by atoms with E-state index in [0.29, 0.717) is 16.9 Å². The number of piperidine rings is 1. The molecule has 2 N–H and O–H groups in total. The van der Waals surface area contributed by atoms with E-state index in [9.17, 15) is 0 Å². The van der Waals surface area contributed by atoms with E-state index in [2.05, 4.69) is 40.6 Å². The van der Waals surface area contributed by atoms with Gasteiger partial charge in [-0.2, -0.15) is 0 Å². The summed E-state index contributed by atoms with van der Waals surface area (Å²) in [5.41, 5.74) is 6.88. The van der Waals surface area contributed by atoms with Crippen LogP contribution in [0.5, 0.6) is 0 Å². The molecule has 118 valence electrons. The predicted molar refractivity (Wildman–Crippen MR) is 90.8 cm³/mol. The molecule has 5 nitrogen and oxygen atoms in total. The van der Waals surface area contributed by atoms with E-state index < -0.39 is 0 Å². The van der Waals surface area contributed by atoms with Crippen molar-refractivity contribution >= 4 is 22.7 Å². The average molecular weight is 299 g/mol. The van der Waals surface area contributed by atoms with Crippen molar-refractivity contribution < 1.29 is 0 Å². The normalized spacial score (nSPS) is 18.1. The van der Waals surface area contributed by atoms with Crippen LogP contribution < -0.4 is 10.6 Å². The zero-order valence-corrected chi connectivity index (χ0v) is 13.7. The first-order chi connectivity index (χ1) is 10.5. The van der Waals surface area contributed by atoms with E-state index in [-0.39, 0.29) is 0 Å². The highest BCUT2D eigenvalue weighted by atomic mass is 15.2. The van der Waals surface area contributed by atoms with Gasteiger partial charge < -0.3 is 10.6 Å². The Hall–Kier alpha value is -1.91. The van der Waals surface area contributed by atoms with Gasteiger partial charge in [0.1, 0.15) is 18.0 Å². The molecule has 0 bridgehead atoms. The lowest BCUT2D eigenvalue weighted by atomic mass is 9.74. The molecule has 0 radical (unpaired) electrons. The van der Waals surface area contributed by atoms with Crippen LogP contribution in [0.1, 0.15) is 40.0 Å². The molecule has 0 amide bonds. The van der Waals surface area contributed by atoms with Gasteiger partial charge in [0.05, 0.1) is 5.39 Å². The molecule has 2 aromatic heterocycles. The van der Waals surface area contributed by atoms with Gasteiger partial charge in [-0.3, -0.25) is 0 Å². The monoisotopic (exact) mass is 299 g/mol. The van der Waals surface area contributed by atoms with E-state index in [1.165, 1.54) is 19.3 Å². The Morgan fingerprint density at radius 2 is 1.95 bits per heavy atom. The highest BCUT2D eigenvalue weighted by Gasteiger charge is 2.31. The molecule has 5 heteroatoms. The highest BCUT2D eigenvalue weighted by Crippen LogP contribution is 2.38. The first-order valence-electron chi connectivity index (χ1n) is 8.09. The second kappa shape index (κ2) is 5.71. The Labute approximate surface area is 132 Å². The maximum Gasteiger partial charge on any atom is 0.166 e. The number of nitrogens with two attached hydrogens (primary N) is 1. The van der Waals surface area contributed by atoms with Crippen molar-refractivity contribution in [1.29, 1.82) is 0 Å². The Morgan fingerprint density at radius 3 is 2.64 bits per heavy atom. The Kier molecular flexibility index (Phi) is 3.89. The third kappa shape index (κ3) is 2.98. The molecule has 0 spiro atoms. The fourth-order valence-electron chi connectivity index (χ4n) is 3.64. The van der Waals surface area contributed by atoms with Crippen molar-refractivity contribution in [3.05, 3.63) is 18.5 Å². The number of nitrogens with zero attached hydrogens (tertiary/aromatic N) is 4. The number of nitrogen functional groups attached to an aromatic ring is 1. The van der Waals surface area contributed by atoms with E-state index in [0.717, 1.165) is 30.2 Å². The SMILES string of the molecule is CC(C)CC1(C)CCN(c2ncnc3nc(N)ccc23)CC1. The van der Waals surface area contributed by atoms with Gasteiger partial charge in [-0.05, 0) is 42.7 Å². The molecular formula is C17H25N5. The summed E-state index contributed by atoms with van der Waals surface area (Å²) in [5, 5.41) is 0.990. The third-order valence-electron chi connectivity index (χ3n) is 4.67. The van der Waals surface area contributed by atoms with Crippen molar-refractivity contribution in [2.24, 2.45) is 11.3 Å². The first kappa shape index (κ1) is 15.0. The number of anilines is 2. The lowest BCUT2D eigenvalue weighted by molar-refractivity contribution is 0.199. The molecular weight excluding hydrogens is 274 g/mol. The second-order valence-corrected chi connectivity index (χ2v) is 7.20. The molecule has 1 aliphatic rings. The highest BCUT2D eigenvalue weighted by molar-refractivity contribution is 5.87. The van der Waals surface area contributed by atoms with E-state index in [1.807, 2.05) is 12.1 Å². The Balaban J connectivity index is 1.82. The molecule has 0 unspecified atom stereocenters. The van der Waals surface area contributed by atoms with Crippen molar-refractivity contribution in [3.8, 4) is 0 Å². The van der Waals surface area contributed by atoms with E-state index in [1.54, 1.807) is 6.33 Å². The van der Waals surface area contributed by atoms with Gasteiger partial charge in [-0.25, -0.2) is 15.0 Å². The molecule has 0 aliphatic carbocycles. The number of hydrogen-bond acceptors (Lipinski definition) is 5. The molecule has 0 atom stereocenters. The fraction of sp³-hybridized carbons (Fsp3) is 0.588. The fourth-order valence-corrected chi connectivity index (χ4v) is 3.64. The van der Waals surface area contributed by atoms with Crippen LogP contribution in [0.15, 0.2) is 18.5 Å². The van der Waals surface area contributed by atoms with E-state index in [4.69, 9.17) is 5.73 Å². The molecule has 2 aromatic rings. The van der Waals surface area contributed by atoms with Gasteiger partial charge in [-0.1, -0.05) is 20.8 Å². The van der Waals surface area contributed by atoms with Crippen LogP contribution in [-0.2, 0) is 0 Å². The topological polar surface area (TPSA) is 67.9 Å². The summed E-state index contributed by atoms with van der Waals surface area (Å²) in [6, 6.07) is 3.80. The largest absolute Gasteiger partial charge is 0.384 e. The Morgan fingerprint density at radius 1 is 1.23 bits per heavy atom. The summed E-state index contributed by atoms with van der Waals surface area (Å²) in [4.78, 5) is 15.4. The van der Waals surface area contributed by atoms with Gasteiger partial charge in [0.25, 0.3) is 0 Å². The molecule has 0 saturated carbocycles. The van der Waals surface area contributed by atoms with Crippen LogP contribution in [0.4, 0.5) is 11.6 Å². The van der Waals surface area contributed by atoms with Crippen LogP contribution in [0.25, 0.3) is 11.0 Å². The quantitative estimate of drug-likeness (QED) is 0.942. The summed E-state index contributed by atoms with van der Waals surface area (Å²) in [5.74, 6) is 2.24. The van der Waals surface area contributed by atoms with Gasteiger partial charge >= 0.3 is 0 Å². The van der Waals surface area contributed by atoms with Crippen LogP contribution in [0.3, 0.4) is 0 Å². The summed E-state index contributed by atoms with van der Waals surface area (Å²) >= 11 is 0. The number of rotatable bonds is 3. The smallest absolute Gasteiger partial charge is 0.166 e. The maximum atomic E-state index is 5.75. The molecule has 3 rings (SSSR count). The lowest BCUT2D eigenvalue weighted by Gasteiger charge is -2.41. The molecule has 3 heterocycles. The van der Waals surface area contributed by atoms with Crippen molar-refractivity contribution in [3.63, 3.8) is 0 Å². The molecule has 1 aliphatic heterocycles. The molecule has 1 saturated heterocycles. The maximum absolute atomic E-state index is 5.75. The Bertz CT molecular complexity index is 659. The molecule has 1 fully saturated rings. The third-order valence-corrected chi connectivity index (χ3v) is 4.67. The van der Waals surface area contributed by atoms with Gasteiger partial charge in [0.2, 0.25) is 0 Å². The number of hydrogen-bond donors (Lipinski definition) is 1. The van der Waals surface area contributed by atoms with Gasteiger partial charge in [-0.15, -0.1) is 0 Å². The summed E-state index contributed by atoms with van der Waals surface area (Å²) in [6.07, 6.45) is 5.30. The van der Waals surface area contributed by atoms with Crippen molar-refractivity contribution in [1.82, 2.24) is 15.0 Å². The summed E-state index contributed by atoms with van der Waals surface area (Å²) in [6.45, 7) is 9.13. The predicted octanol–water partition coefficient (Wildman–Crippen LogP) is 3.26. The molecule has 22 heavy (non-hydrogen) atoms. The number of aromatic nitrogens is 3.